The minimum atomic E-state index is -0.172. The van der Waals surface area contributed by atoms with Crippen molar-refractivity contribution in [2.45, 2.75) is 57.9 Å². The molecule has 2 aliphatic rings. The Morgan fingerprint density at radius 2 is 2.24 bits per heavy atom. The monoisotopic (exact) mass is 309 g/mol. The quantitative estimate of drug-likeness (QED) is 0.928. The van der Waals surface area contributed by atoms with Crippen molar-refractivity contribution < 1.29 is 4.74 Å². The predicted molar refractivity (Wildman–Crippen MR) is 85.9 cm³/mol. The second kappa shape index (κ2) is 5.75. The Balaban J connectivity index is 1.72. The van der Waals surface area contributed by atoms with Crippen LogP contribution in [0, 0.1) is 0 Å². The van der Waals surface area contributed by atoms with Crippen LogP contribution in [0.1, 0.15) is 39.2 Å². The molecule has 0 spiro atoms. The van der Waals surface area contributed by atoms with Gasteiger partial charge in [-0.2, -0.15) is 0 Å². The van der Waals surface area contributed by atoms with Crippen molar-refractivity contribution in [2.75, 3.05) is 18.0 Å². The normalized spacial score (nSPS) is 25.1. The molecular weight excluding hydrogens is 286 g/mol. The van der Waals surface area contributed by atoms with E-state index in [4.69, 9.17) is 16.3 Å². The molecule has 2 fully saturated rings. The van der Waals surface area contributed by atoms with Gasteiger partial charge in [0.05, 0.1) is 16.7 Å². The predicted octanol–water partition coefficient (Wildman–Crippen LogP) is 2.99. The van der Waals surface area contributed by atoms with E-state index < -0.39 is 0 Å². The number of anilines is 1. The largest absolute Gasteiger partial charge is 0.369 e. The molecule has 3 rings (SSSR count). The highest BCUT2D eigenvalue weighted by atomic mass is 35.5. The van der Waals surface area contributed by atoms with E-state index in [2.05, 4.69) is 36.0 Å². The molecule has 1 unspecified atom stereocenters. The Bertz CT molecular complexity index is 516. The smallest absolute Gasteiger partial charge is 0.147 e. The molecule has 1 saturated carbocycles. The average molecular weight is 310 g/mol. The Labute approximate surface area is 131 Å². The summed E-state index contributed by atoms with van der Waals surface area (Å²) in [6, 6.07) is 2.73. The summed E-state index contributed by atoms with van der Waals surface area (Å²) in [6.45, 7) is 8.80. The molecule has 1 aliphatic carbocycles. The molecule has 2 heterocycles. The van der Waals surface area contributed by atoms with Crippen LogP contribution in [0.25, 0.3) is 0 Å². The fraction of sp³-hybridized carbons (Fsp3) is 0.688. The molecule has 1 N–H and O–H groups in total. The van der Waals surface area contributed by atoms with Gasteiger partial charge in [0.25, 0.3) is 0 Å². The van der Waals surface area contributed by atoms with Crippen LogP contribution in [-0.2, 0) is 11.3 Å². The van der Waals surface area contributed by atoms with Gasteiger partial charge in [-0.1, -0.05) is 11.6 Å². The summed E-state index contributed by atoms with van der Waals surface area (Å²) in [4.78, 5) is 6.83. The molecule has 1 atom stereocenters. The van der Waals surface area contributed by atoms with Gasteiger partial charge in [-0.25, -0.2) is 4.98 Å². The fourth-order valence-electron chi connectivity index (χ4n) is 2.96. The molecule has 1 aliphatic heterocycles. The molecular formula is C16H24ClN3O. The van der Waals surface area contributed by atoms with Crippen LogP contribution < -0.4 is 10.2 Å². The number of rotatable bonds is 4. The summed E-state index contributed by atoms with van der Waals surface area (Å²) in [6.07, 6.45) is 4.70. The minimum absolute atomic E-state index is 0.172. The van der Waals surface area contributed by atoms with Crippen molar-refractivity contribution >= 4 is 17.4 Å². The Morgan fingerprint density at radius 3 is 2.86 bits per heavy atom. The first-order valence-electron chi connectivity index (χ1n) is 7.73. The lowest BCUT2D eigenvalue weighted by Crippen LogP contribution is -2.52. The van der Waals surface area contributed by atoms with Crippen molar-refractivity contribution in [3.8, 4) is 0 Å². The number of aromatic nitrogens is 1. The van der Waals surface area contributed by atoms with Crippen LogP contribution >= 0.6 is 11.6 Å². The topological polar surface area (TPSA) is 37.4 Å². The zero-order valence-corrected chi connectivity index (χ0v) is 13.8. The van der Waals surface area contributed by atoms with Gasteiger partial charge in [-0.05, 0) is 45.2 Å². The van der Waals surface area contributed by atoms with Crippen molar-refractivity contribution in [1.29, 1.82) is 0 Å². The van der Waals surface area contributed by atoms with Crippen LogP contribution in [0.5, 0.6) is 0 Å². The van der Waals surface area contributed by atoms with Crippen LogP contribution in [0.2, 0.25) is 5.02 Å². The summed E-state index contributed by atoms with van der Waals surface area (Å²) in [5.74, 6) is 0.870. The SMILES string of the molecule is CC1CN(c2ncc(CNC3CC3)cc2Cl)CC(C)(C)O1. The number of ether oxygens (including phenoxy) is 1. The van der Waals surface area contributed by atoms with E-state index >= 15 is 0 Å². The van der Waals surface area contributed by atoms with Gasteiger partial charge >= 0.3 is 0 Å². The molecule has 0 amide bonds. The van der Waals surface area contributed by atoms with Crippen molar-refractivity contribution in [3.63, 3.8) is 0 Å². The maximum atomic E-state index is 6.46. The maximum Gasteiger partial charge on any atom is 0.147 e. The van der Waals surface area contributed by atoms with Crippen LogP contribution in [0.15, 0.2) is 12.3 Å². The van der Waals surface area contributed by atoms with Crippen LogP contribution in [0.4, 0.5) is 5.82 Å². The maximum absolute atomic E-state index is 6.46. The molecule has 1 aromatic rings. The van der Waals surface area contributed by atoms with Gasteiger partial charge in [0.2, 0.25) is 0 Å². The van der Waals surface area contributed by atoms with Gasteiger partial charge in [0.15, 0.2) is 0 Å². The molecule has 4 nitrogen and oxygen atoms in total. The van der Waals surface area contributed by atoms with Gasteiger partial charge in [0, 0.05) is 31.9 Å². The van der Waals surface area contributed by atoms with E-state index in [0.29, 0.717) is 6.04 Å². The number of pyridine rings is 1. The highest BCUT2D eigenvalue weighted by Gasteiger charge is 2.32. The van der Waals surface area contributed by atoms with Crippen molar-refractivity contribution in [3.05, 3.63) is 22.8 Å². The molecule has 116 valence electrons. The van der Waals surface area contributed by atoms with E-state index in [0.717, 1.165) is 36.0 Å². The first-order chi connectivity index (χ1) is 9.93. The van der Waals surface area contributed by atoms with E-state index in [1.165, 1.54) is 12.8 Å². The summed E-state index contributed by atoms with van der Waals surface area (Å²) < 4.78 is 5.94. The molecule has 21 heavy (non-hydrogen) atoms. The second-order valence-electron chi connectivity index (χ2n) is 6.87. The lowest BCUT2D eigenvalue weighted by atomic mass is 10.1. The van der Waals surface area contributed by atoms with Gasteiger partial charge in [-0.15, -0.1) is 0 Å². The third-order valence-electron chi connectivity index (χ3n) is 3.92. The van der Waals surface area contributed by atoms with Crippen molar-refractivity contribution in [2.24, 2.45) is 0 Å². The second-order valence-corrected chi connectivity index (χ2v) is 7.28. The Hall–Kier alpha value is -0.840. The van der Waals surface area contributed by atoms with E-state index in [9.17, 15) is 0 Å². The molecule has 0 radical (unpaired) electrons. The molecule has 0 bridgehead atoms. The number of hydrogen-bond acceptors (Lipinski definition) is 4. The Morgan fingerprint density at radius 1 is 1.48 bits per heavy atom. The molecule has 1 saturated heterocycles. The highest BCUT2D eigenvalue weighted by Crippen LogP contribution is 2.30. The van der Waals surface area contributed by atoms with Gasteiger partial charge in [0.1, 0.15) is 5.82 Å². The lowest BCUT2D eigenvalue weighted by molar-refractivity contribution is -0.0751. The summed E-state index contributed by atoms with van der Waals surface area (Å²) in [5, 5.41) is 4.22. The van der Waals surface area contributed by atoms with E-state index in [1.54, 1.807) is 0 Å². The third-order valence-corrected chi connectivity index (χ3v) is 4.20. The first kappa shape index (κ1) is 15.1. The standard InChI is InChI=1S/C16H24ClN3O/c1-11-9-20(10-16(2,3)21-11)15-14(17)6-12(8-19-15)7-18-13-4-5-13/h6,8,11,13,18H,4-5,7,9-10H2,1-3H3. The lowest BCUT2D eigenvalue weighted by Gasteiger charge is -2.42. The summed E-state index contributed by atoms with van der Waals surface area (Å²) >= 11 is 6.46. The molecule has 5 heteroatoms. The highest BCUT2D eigenvalue weighted by molar-refractivity contribution is 6.33. The van der Waals surface area contributed by atoms with Crippen LogP contribution in [-0.4, -0.2) is 35.8 Å². The zero-order valence-electron chi connectivity index (χ0n) is 13.0. The summed E-state index contributed by atoms with van der Waals surface area (Å²) in [7, 11) is 0. The first-order valence-corrected chi connectivity index (χ1v) is 8.11. The minimum Gasteiger partial charge on any atom is -0.369 e. The van der Waals surface area contributed by atoms with Gasteiger partial charge < -0.3 is 15.0 Å². The number of nitrogens with zero attached hydrogens (tertiary/aromatic N) is 2. The zero-order chi connectivity index (χ0) is 15.0. The number of morpholine rings is 1. The number of nitrogens with one attached hydrogen (secondary N) is 1. The Kier molecular flexibility index (Phi) is 4.12. The van der Waals surface area contributed by atoms with Gasteiger partial charge in [-0.3, -0.25) is 0 Å². The van der Waals surface area contributed by atoms with Crippen molar-refractivity contribution in [1.82, 2.24) is 10.3 Å². The third kappa shape index (κ3) is 3.87. The number of halogens is 1. The van der Waals surface area contributed by atoms with E-state index in [-0.39, 0.29) is 11.7 Å². The average Bonchev–Trinajstić information content (AvgIpc) is 3.17. The molecule has 0 aromatic carbocycles. The van der Waals surface area contributed by atoms with Crippen LogP contribution in [0.3, 0.4) is 0 Å². The molecule has 1 aromatic heterocycles. The van der Waals surface area contributed by atoms with E-state index in [1.807, 2.05) is 12.3 Å². The summed E-state index contributed by atoms with van der Waals surface area (Å²) in [5.41, 5.74) is 0.978. The fourth-order valence-corrected chi connectivity index (χ4v) is 3.27. The number of hydrogen-bond donors (Lipinski definition) is 1.